The molecule has 1 aliphatic rings. The number of aromatic nitrogens is 2. The first-order chi connectivity index (χ1) is 15.2. The molecule has 31 heavy (non-hydrogen) atoms. The first-order valence-corrected chi connectivity index (χ1v) is 12.9. The average Bonchev–Trinajstić information content (AvgIpc) is 3.52. The van der Waals surface area contributed by atoms with Gasteiger partial charge in [-0.1, -0.05) is 36.4 Å². The number of benzene rings is 2. The highest BCUT2D eigenvalue weighted by atomic mass is 32.2. The van der Waals surface area contributed by atoms with Crippen molar-refractivity contribution in [1.82, 2.24) is 9.97 Å². The van der Waals surface area contributed by atoms with Crippen molar-refractivity contribution in [3.8, 4) is 17.0 Å². The molecule has 0 bridgehead atoms. The number of amides is 1. The van der Waals surface area contributed by atoms with Gasteiger partial charge in [-0.3, -0.25) is 10.1 Å². The van der Waals surface area contributed by atoms with E-state index in [9.17, 15) is 4.79 Å². The lowest BCUT2D eigenvalue weighted by molar-refractivity contribution is -0.118. The standard InChI is InChI=1S/C23H21N3O2S3/c1-14-21(15-6-2-4-8-17(15)24-14)18-13-31-23(25-18)26-20(27)12-28-19-9-5-3-7-16(19)22-29-10-11-30-22/h2-9,13,22,24H,10-12H2,1H3,(H,25,26,27). The average molecular weight is 468 g/mol. The topological polar surface area (TPSA) is 67.0 Å². The van der Waals surface area contributed by atoms with E-state index in [0.717, 1.165) is 50.7 Å². The lowest BCUT2D eigenvalue weighted by atomic mass is 10.1. The van der Waals surface area contributed by atoms with Crippen LogP contribution >= 0.6 is 34.9 Å². The first-order valence-electron chi connectivity index (χ1n) is 9.97. The minimum absolute atomic E-state index is 0.0416. The third-order valence-corrected chi connectivity index (χ3v) is 8.88. The van der Waals surface area contributed by atoms with Gasteiger partial charge in [0, 0.05) is 44.6 Å². The van der Waals surface area contributed by atoms with Gasteiger partial charge in [0.1, 0.15) is 5.75 Å². The molecule has 0 saturated carbocycles. The molecule has 2 N–H and O–H groups in total. The van der Waals surface area contributed by atoms with Gasteiger partial charge in [-0.15, -0.1) is 34.9 Å². The van der Waals surface area contributed by atoms with Gasteiger partial charge in [-0.25, -0.2) is 4.98 Å². The molecule has 2 aromatic carbocycles. The Hall–Kier alpha value is -2.42. The molecule has 0 aliphatic carbocycles. The quantitative estimate of drug-likeness (QED) is 0.359. The number of fused-ring (bicyclic) bond motifs is 1. The van der Waals surface area contributed by atoms with E-state index in [-0.39, 0.29) is 12.5 Å². The Morgan fingerprint density at radius 2 is 1.94 bits per heavy atom. The molecular formula is C23H21N3O2S3. The van der Waals surface area contributed by atoms with Gasteiger partial charge in [0.15, 0.2) is 11.7 Å². The van der Waals surface area contributed by atoms with Gasteiger partial charge in [0.2, 0.25) is 0 Å². The van der Waals surface area contributed by atoms with Gasteiger partial charge in [-0.05, 0) is 19.1 Å². The highest BCUT2D eigenvalue weighted by molar-refractivity contribution is 8.19. The number of anilines is 1. The van der Waals surface area contributed by atoms with Gasteiger partial charge >= 0.3 is 0 Å². The van der Waals surface area contributed by atoms with Crippen LogP contribution in [0.2, 0.25) is 0 Å². The Balaban J connectivity index is 1.26. The third-order valence-electron chi connectivity index (χ3n) is 5.05. The van der Waals surface area contributed by atoms with Crippen molar-refractivity contribution in [2.24, 2.45) is 0 Å². The highest BCUT2D eigenvalue weighted by Crippen LogP contribution is 2.48. The maximum absolute atomic E-state index is 12.5. The number of aryl methyl sites for hydroxylation is 1. The van der Waals surface area contributed by atoms with Crippen molar-refractivity contribution in [3.05, 3.63) is 65.2 Å². The number of carbonyl (C=O) groups is 1. The predicted molar refractivity (Wildman–Crippen MR) is 132 cm³/mol. The molecular weight excluding hydrogens is 446 g/mol. The Morgan fingerprint density at radius 3 is 2.81 bits per heavy atom. The molecule has 1 amide bonds. The van der Waals surface area contributed by atoms with E-state index in [2.05, 4.69) is 33.5 Å². The van der Waals surface area contributed by atoms with Crippen LogP contribution in [-0.2, 0) is 4.79 Å². The number of aromatic amines is 1. The van der Waals surface area contributed by atoms with E-state index in [0.29, 0.717) is 9.71 Å². The molecule has 0 radical (unpaired) electrons. The second-order valence-corrected chi connectivity index (χ2v) is 10.7. The number of ether oxygens (including phenoxy) is 1. The molecule has 0 atom stereocenters. The molecule has 1 aliphatic heterocycles. The highest BCUT2D eigenvalue weighted by Gasteiger charge is 2.22. The van der Waals surface area contributed by atoms with Gasteiger partial charge in [0.25, 0.3) is 5.91 Å². The van der Waals surface area contributed by atoms with Crippen LogP contribution in [-0.4, -0.2) is 34.0 Å². The number of thioether (sulfide) groups is 2. The molecule has 1 fully saturated rings. The van der Waals surface area contributed by atoms with Crippen LogP contribution in [0.4, 0.5) is 5.13 Å². The van der Waals surface area contributed by atoms with Crippen molar-refractivity contribution in [2.75, 3.05) is 23.4 Å². The van der Waals surface area contributed by atoms with Crippen LogP contribution in [0, 0.1) is 6.92 Å². The molecule has 5 rings (SSSR count). The summed E-state index contributed by atoms with van der Waals surface area (Å²) in [5.41, 5.74) is 5.22. The Morgan fingerprint density at radius 1 is 1.16 bits per heavy atom. The van der Waals surface area contributed by atoms with Crippen molar-refractivity contribution in [3.63, 3.8) is 0 Å². The molecule has 2 aromatic heterocycles. The molecule has 8 heteroatoms. The van der Waals surface area contributed by atoms with Crippen LogP contribution in [0.5, 0.6) is 5.75 Å². The minimum Gasteiger partial charge on any atom is -0.483 e. The number of thiazole rings is 1. The zero-order chi connectivity index (χ0) is 21.2. The van der Waals surface area contributed by atoms with Crippen molar-refractivity contribution >= 4 is 56.8 Å². The number of nitrogens with zero attached hydrogens (tertiary/aromatic N) is 1. The summed E-state index contributed by atoms with van der Waals surface area (Å²) in [7, 11) is 0. The second-order valence-electron chi connectivity index (χ2n) is 7.16. The molecule has 4 aromatic rings. The molecule has 158 valence electrons. The van der Waals surface area contributed by atoms with Crippen LogP contribution in [0.3, 0.4) is 0 Å². The summed E-state index contributed by atoms with van der Waals surface area (Å²) in [6, 6.07) is 16.1. The predicted octanol–water partition coefficient (Wildman–Crippen LogP) is 6.10. The molecule has 1 saturated heterocycles. The summed E-state index contributed by atoms with van der Waals surface area (Å²) in [6.07, 6.45) is 0. The number of para-hydroxylation sites is 2. The summed E-state index contributed by atoms with van der Waals surface area (Å²) in [6.45, 7) is 2.00. The van der Waals surface area contributed by atoms with E-state index < -0.39 is 0 Å². The van der Waals surface area contributed by atoms with Crippen LogP contribution in [0.25, 0.3) is 22.2 Å². The number of carbonyl (C=O) groups excluding carboxylic acids is 1. The fourth-order valence-electron chi connectivity index (χ4n) is 3.70. The molecule has 5 nitrogen and oxygen atoms in total. The fourth-order valence-corrected chi connectivity index (χ4v) is 7.32. The smallest absolute Gasteiger partial charge is 0.264 e. The van der Waals surface area contributed by atoms with Gasteiger partial charge in [-0.2, -0.15) is 0 Å². The van der Waals surface area contributed by atoms with Crippen molar-refractivity contribution in [2.45, 2.75) is 11.5 Å². The van der Waals surface area contributed by atoms with E-state index in [4.69, 9.17) is 4.74 Å². The number of H-pyrrole nitrogens is 1. The second kappa shape index (κ2) is 8.98. The van der Waals surface area contributed by atoms with Gasteiger partial charge < -0.3 is 9.72 Å². The summed E-state index contributed by atoms with van der Waals surface area (Å²) in [5.74, 6) is 2.86. The summed E-state index contributed by atoms with van der Waals surface area (Å²) < 4.78 is 6.25. The number of rotatable bonds is 6. The summed E-state index contributed by atoms with van der Waals surface area (Å²) in [4.78, 5) is 20.5. The normalized spacial score (nSPS) is 14.2. The molecule has 0 unspecified atom stereocenters. The number of hydrogen-bond donors (Lipinski definition) is 2. The maximum atomic E-state index is 12.5. The van der Waals surface area contributed by atoms with E-state index in [1.54, 1.807) is 0 Å². The molecule has 0 spiro atoms. The van der Waals surface area contributed by atoms with Crippen molar-refractivity contribution in [1.29, 1.82) is 0 Å². The minimum atomic E-state index is -0.210. The van der Waals surface area contributed by atoms with Gasteiger partial charge in [0.05, 0.1) is 10.3 Å². The number of nitrogens with one attached hydrogen (secondary N) is 2. The van der Waals surface area contributed by atoms with Crippen LogP contribution in [0.15, 0.2) is 53.9 Å². The monoisotopic (exact) mass is 467 g/mol. The third kappa shape index (κ3) is 4.33. The lowest BCUT2D eigenvalue weighted by Crippen LogP contribution is -2.20. The van der Waals surface area contributed by atoms with E-state index in [1.165, 1.54) is 11.3 Å². The fraction of sp³-hybridized carbons (Fsp3) is 0.217. The first kappa shape index (κ1) is 20.5. The zero-order valence-electron chi connectivity index (χ0n) is 16.9. The SMILES string of the molecule is Cc1[nH]c2ccccc2c1-c1csc(NC(=O)COc2ccccc2C2SCCS2)n1. The Bertz CT molecular complexity index is 1230. The largest absolute Gasteiger partial charge is 0.483 e. The van der Waals surface area contributed by atoms with E-state index >= 15 is 0 Å². The Labute approximate surface area is 193 Å². The van der Waals surface area contributed by atoms with Crippen molar-refractivity contribution < 1.29 is 9.53 Å². The maximum Gasteiger partial charge on any atom is 0.264 e. The summed E-state index contributed by atoms with van der Waals surface area (Å²) >= 11 is 5.26. The van der Waals surface area contributed by atoms with Crippen LogP contribution < -0.4 is 10.1 Å². The number of hydrogen-bond acceptors (Lipinski definition) is 6. The van der Waals surface area contributed by atoms with E-state index in [1.807, 2.05) is 66.2 Å². The summed E-state index contributed by atoms with van der Waals surface area (Å²) in [5, 5.41) is 6.55. The molecule has 3 heterocycles. The zero-order valence-corrected chi connectivity index (χ0v) is 19.3. The lowest BCUT2D eigenvalue weighted by Gasteiger charge is -2.14. The van der Waals surface area contributed by atoms with Crippen LogP contribution in [0.1, 0.15) is 15.8 Å². The Kier molecular flexibility index (Phi) is 5.93.